The van der Waals surface area contributed by atoms with Gasteiger partial charge in [0.05, 0.1) is 5.56 Å². The Morgan fingerprint density at radius 3 is 3.00 bits per heavy atom. The van der Waals surface area contributed by atoms with Crippen LogP contribution in [0.3, 0.4) is 0 Å². The number of nitriles is 1. The Bertz CT molecular complexity index is 412. The molecule has 1 heterocycles. The van der Waals surface area contributed by atoms with Gasteiger partial charge in [-0.1, -0.05) is 6.42 Å². The average molecular weight is 233 g/mol. The Hall–Kier alpha value is -2.09. The molecule has 0 saturated carbocycles. The molecule has 90 valence electrons. The van der Waals surface area contributed by atoms with Crippen LogP contribution < -0.4 is 5.32 Å². The molecule has 0 fully saturated rings. The molecule has 0 aliphatic rings. The highest BCUT2D eigenvalue weighted by molar-refractivity contribution is 5.66. The summed E-state index contributed by atoms with van der Waals surface area (Å²) in [6.45, 7) is 0.700. The second-order valence-corrected chi connectivity index (χ2v) is 3.64. The number of carboxylic acid groups (broad SMARTS) is 1. The van der Waals surface area contributed by atoms with Crippen molar-refractivity contribution in [1.29, 1.82) is 5.26 Å². The maximum Gasteiger partial charge on any atom is 0.303 e. The van der Waals surface area contributed by atoms with Crippen LogP contribution in [0, 0.1) is 11.3 Å². The molecular formula is C12H15N3O2. The van der Waals surface area contributed by atoms with Gasteiger partial charge in [0.1, 0.15) is 11.9 Å². The van der Waals surface area contributed by atoms with Crippen LogP contribution in [-0.2, 0) is 4.79 Å². The van der Waals surface area contributed by atoms with E-state index >= 15 is 0 Å². The van der Waals surface area contributed by atoms with Crippen LogP contribution in [0.1, 0.15) is 31.2 Å². The predicted octanol–water partition coefficient (Wildman–Crippen LogP) is 2.01. The van der Waals surface area contributed by atoms with E-state index < -0.39 is 5.97 Å². The minimum atomic E-state index is -0.755. The molecule has 5 heteroatoms. The summed E-state index contributed by atoms with van der Waals surface area (Å²) in [5, 5.41) is 20.4. The van der Waals surface area contributed by atoms with Crippen molar-refractivity contribution in [3.8, 4) is 6.07 Å². The fraction of sp³-hybridized carbons (Fsp3) is 0.417. The minimum absolute atomic E-state index is 0.215. The number of hydrogen-bond donors (Lipinski definition) is 2. The number of aromatic nitrogens is 1. The number of unbranched alkanes of at least 4 members (excludes halogenated alkanes) is 2. The lowest BCUT2D eigenvalue weighted by atomic mass is 10.2. The van der Waals surface area contributed by atoms with E-state index in [1.165, 1.54) is 0 Å². The summed E-state index contributed by atoms with van der Waals surface area (Å²) in [6.07, 6.45) is 4.26. The van der Waals surface area contributed by atoms with Gasteiger partial charge in [0.2, 0.25) is 0 Å². The van der Waals surface area contributed by atoms with Gasteiger partial charge in [-0.15, -0.1) is 0 Å². The van der Waals surface area contributed by atoms with Crippen LogP contribution in [0.25, 0.3) is 0 Å². The molecule has 0 amide bonds. The third-order valence-electron chi connectivity index (χ3n) is 2.29. The molecule has 0 aromatic carbocycles. The summed E-state index contributed by atoms with van der Waals surface area (Å²) >= 11 is 0. The molecular weight excluding hydrogens is 218 g/mol. The number of rotatable bonds is 7. The Labute approximate surface area is 100 Å². The number of nitrogens with one attached hydrogen (secondary N) is 1. The molecule has 0 radical (unpaired) electrons. The number of hydrogen-bond acceptors (Lipinski definition) is 4. The van der Waals surface area contributed by atoms with Gasteiger partial charge in [-0.3, -0.25) is 4.79 Å². The van der Waals surface area contributed by atoms with Crippen molar-refractivity contribution in [3.05, 3.63) is 23.9 Å². The van der Waals surface area contributed by atoms with Crippen LogP contribution in [0.5, 0.6) is 0 Å². The van der Waals surface area contributed by atoms with Crippen LogP contribution in [0.4, 0.5) is 5.82 Å². The summed E-state index contributed by atoms with van der Waals surface area (Å²) in [6, 6.07) is 5.49. The van der Waals surface area contributed by atoms with E-state index in [1.54, 1.807) is 18.3 Å². The van der Waals surface area contributed by atoms with Gasteiger partial charge in [0.15, 0.2) is 0 Å². The van der Waals surface area contributed by atoms with Crippen molar-refractivity contribution in [3.63, 3.8) is 0 Å². The number of carbonyl (C=O) groups is 1. The second-order valence-electron chi connectivity index (χ2n) is 3.64. The molecule has 1 rings (SSSR count). The lowest BCUT2D eigenvalue weighted by Crippen LogP contribution is -2.05. The first-order chi connectivity index (χ1) is 8.24. The first-order valence-corrected chi connectivity index (χ1v) is 5.55. The van der Waals surface area contributed by atoms with E-state index in [0.29, 0.717) is 24.3 Å². The van der Waals surface area contributed by atoms with E-state index in [-0.39, 0.29) is 6.42 Å². The minimum Gasteiger partial charge on any atom is -0.481 e. The van der Waals surface area contributed by atoms with Crippen molar-refractivity contribution in [1.82, 2.24) is 4.98 Å². The quantitative estimate of drug-likeness (QED) is 0.703. The Kier molecular flexibility index (Phi) is 5.52. The highest BCUT2D eigenvalue weighted by atomic mass is 16.4. The zero-order valence-electron chi connectivity index (χ0n) is 9.52. The van der Waals surface area contributed by atoms with Gasteiger partial charge in [-0.2, -0.15) is 5.26 Å². The summed E-state index contributed by atoms with van der Waals surface area (Å²) in [7, 11) is 0. The molecule has 2 N–H and O–H groups in total. The van der Waals surface area contributed by atoms with Crippen LogP contribution in [0.2, 0.25) is 0 Å². The monoisotopic (exact) mass is 233 g/mol. The zero-order valence-corrected chi connectivity index (χ0v) is 9.52. The fourth-order valence-corrected chi connectivity index (χ4v) is 1.42. The standard InChI is InChI=1S/C12H15N3O2/c13-9-10-5-4-8-15-12(10)14-7-3-1-2-6-11(16)17/h4-5,8H,1-3,6-7H2,(H,14,15)(H,16,17). The third kappa shape index (κ3) is 4.98. The lowest BCUT2D eigenvalue weighted by Gasteiger charge is -2.06. The molecule has 0 saturated heterocycles. The lowest BCUT2D eigenvalue weighted by molar-refractivity contribution is -0.137. The second kappa shape index (κ2) is 7.23. The first-order valence-electron chi connectivity index (χ1n) is 5.55. The maximum atomic E-state index is 10.3. The van der Waals surface area contributed by atoms with Crippen molar-refractivity contribution < 1.29 is 9.90 Å². The number of carboxylic acids is 1. The Morgan fingerprint density at radius 2 is 2.29 bits per heavy atom. The van der Waals surface area contributed by atoms with E-state index in [4.69, 9.17) is 10.4 Å². The molecule has 1 aromatic heterocycles. The van der Waals surface area contributed by atoms with E-state index in [1.807, 2.05) is 0 Å². The van der Waals surface area contributed by atoms with Gasteiger partial charge in [0, 0.05) is 19.2 Å². The summed E-state index contributed by atoms with van der Waals surface area (Å²) < 4.78 is 0. The molecule has 5 nitrogen and oxygen atoms in total. The summed E-state index contributed by atoms with van der Waals surface area (Å²) in [4.78, 5) is 14.3. The molecule has 0 atom stereocenters. The van der Waals surface area contributed by atoms with Crippen molar-refractivity contribution in [2.75, 3.05) is 11.9 Å². The summed E-state index contributed by atoms with van der Waals surface area (Å²) in [5.74, 6) is -0.164. The number of anilines is 1. The highest BCUT2D eigenvalue weighted by Gasteiger charge is 2.01. The highest BCUT2D eigenvalue weighted by Crippen LogP contribution is 2.10. The largest absolute Gasteiger partial charge is 0.481 e. The first kappa shape index (κ1) is 13.0. The molecule has 0 spiro atoms. The smallest absolute Gasteiger partial charge is 0.303 e. The predicted molar refractivity (Wildman–Crippen MR) is 63.5 cm³/mol. The molecule has 0 unspecified atom stereocenters. The van der Waals surface area contributed by atoms with Crippen molar-refractivity contribution in [2.24, 2.45) is 0 Å². The molecule has 0 bridgehead atoms. The molecule has 1 aromatic rings. The van der Waals surface area contributed by atoms with E-state index in [9.17, 15) is 4.79 Å². The zero-order chi connectivity index (χ0) is 12.5. The van der Waals surface area contributed by atoms with Gasteiger partial charge in [0.25, 0.3) is 0 Å². The average Bonchev–Trinajstić information content (AvgIpc) is 2.33. The number of nitrogens with zero attached hydrogens (tertiary/aromatic N) is 2. The van der Waals surface area contributed by atoms with Crippen molar-refractivity contribution in [2.45, 2.75) is 25.7 Å². The topological polar surface area (TPSA) is 86.0 Å². The van der Waals surface area contributed by atoms with Gasteiger partial charge in [-0.05, 0) is 25.0 Å². The maximum absolute atomic E-state index is 10.3. The van der Waals surface area contributed by atoms with E-state index in [2.05, 4.69) is 16.4 Å². The number of aliphatic carboxylic acids is 1. The molecule has 0 aliphatic heterocycles. The summed E-state index contributed by atoms with van der Waals surface area (Å²) in [5.41, 5.74) is 0.526. The number of pyridine rings is 1. The normalized spacial score (nSPS) is 9.59. The van der Waals surface area contributed by atoms with E-state index in [0.717, 1.165) is 12.8 Å². The Balaban J connectivity index is 2.22. The molecule has 17 heavy (non-hydrogen) atoms. The van der Waals surface area contributed by atoms with Gasteiger partial charge in [-0.25, -0.2) is 4.98 Å². The molecule has 0 aliphatic carbocycles. The van der Waals surface area contributed by atoms with Gasteiger partial charge >= 0.3 is 5.97 Å². The van der Waals surface area contributed by atoms with Crippen LogP contribution in [-0.4, -0.2) is 22.6 Å². The third-order valence-corrected chi connectivity index (χ3v) is 2.29. The van der Waals surface area contributed by atoms with Gasteiger partial charge < -0.3 is 10.4 Å². The Morgan fingerprint density at radius 1 is 1.47 bits per heavy atom. The fourth-order valence-electron chi connectivity index (χ4n) is 1.42. The SMILES string of the molecule is N#Cc1cccnc1NCCCCCC(=O)O. The van der Waals surface area contributed by atoms with Crippen LogP contribution in [0.15, 0.2) is 18.3 Å². The van der Waals surface area contributed by atoms with Crippen molar-refractivity contribution >= 4 is 11.8 Å². The van der Waals surface area contributed by atoms with Crippen LogP contribution >= 0.6 is 0 Å².